The molecule has 4 heteroatoms. The van der Waals surface area contributed by atoms with Crippen molar-refractivity contribution in [3.05, 3.63) is 0 Å². The minimum atomic E-state index is -0.241. The van der Waals surface area contributed by atoms with Crippen molar-refractivity contribution in [3.8, 4) is 0 Å². The van der Waals surface area contributed by atoms with Crippen molar-refractivity contribution in [2.75, 3.05) is 13.2 Å². The molecule has 0 aromatic heterocycles. The fraction of sp³-hybridized carbons (Fsp3) is 0.889. The van der Waals surface area contributed by atoms with Crippen LogP contribution in [0.25, 0.3) is 0 Å². The van der Waals surface area contributed by atoms with Crippen LogP contribution in [0.4, 0.5) is 4.79 Å². The standard InChI is InChI=1S/C9H18N2O2/c1-9(2,3)11-7(6-10)4-5-13-8(11)12/h7H,4-6,10H2,1-3H3. The Morgan fingerprint density at radius 1 is 1.62 bits per heavy atom. The van der Waals surface area contributed by atoms with Crippen molar-refractivity contribution in [3.63, 3.8) is 0 Å². The Labute approximate surface area is 79.0 Å². The monoisotopic (exact) mass is 186 g/mol. The maximum absolute atomic E-state index is 11.5. The van der Waals surface area contributed by atoms with Crippen molar-refractivity contribution in [1.29, 1.82) is 0 Å². The number of cyclic esters (lactones) is 1. The van der Waals surface area contributed by atoms with E-state index >= 15 is 0 Å². The van der Waals surface area contributed by atoms with Crippen LogP contribution in [0.3, 0.4) is 0 Å². The van der Waals surface area contributed by atoms with Crippen molar-refractivity contribution >= 4 is 6.09 Å². The number of nitrogens with zero attached hydrogens (tertiary/aromatic N) is 1. The van der Waals surface area contributed by atoms with Gasteiger partial charge in [0, 0.05) is 18.5 Å². The molecule has 0 aromatic rings. The Balaban J connectivity index is 2.80. The van der Waals surface area contributed by atoms with Gasteiger partial charge in [0.2, 0.25) is 0 Å². The molecule has 1 rings (SSSR count). The van der Waals surface area contributed by atoms with Gasteiger partial charge in [-0.2, -0.15) is 0 Å². The Hall–Kier alpha value is -0.770. The zero-order valence-corrected chi connectivity index (χ0v) is 8.54. The van der Waals surface area contributed by atoms with E-state index in [0.29, 0.717) is 13.2 Å². The summed E-state index contributed by atoms with van der Waals surface area (Å²) in [6, 6.07) is 0.126. The quantitative estimate of drug-likeness (QED) is 0.663. The smallest absolute Gasteiger partial charge is 0.410 e. The Bertz CT molecular complexity index is 198. The van der Waals surface area contributed by atoms with Crippen LogP contribution in [-0.4, -0.2) is 35.7 Å². The second-order valence-corrected chi connectivity index (χ2v) is 4.33. The molecule has 0 bridgehead atoms. The summed E-state index contributed by atoms with van der Waals surface area (Å²) in [4.78, 5) is 13.2. The molecular formula is C9H18N2O2. The van der Waals surface area contributed by atoms with E-state index < -0.39 is 0 Å². The summed E-state index contributed by atoms with van der Waals surface area (Å²) in [7, 11) is 0. The normalized spacial score (nSPS) is 24.5. The van der Waals surface area contributed by atoms with E-state index in [1.165, 1.54) is 0 Å². The van der Waals surface area contributed by atoms with E-state index in [0.717, 1.165) is 6.42 Å². The molecule has 1 atom stereocenters. The van der Waals surface area contributed by atoms with Gasteiger partial charge in [-0.25, -0.2) is 4.79 Å². The van der Waals surface area contributed by atoms with Gasteiger partial charge in [0.05, 0.1) is 12.6 Å². The van der Waals surface area contributed by atoms with Gasteiger partial charge in [0.1, 0.15) is 0 Å². The molecule has 13 heavy (non-hydrogen) atoms. The van der Waals surface area contributed by atoms with Crippen LogP contribution in [0.2, 0.25) is 0 Å². The topological polar surface area (TPSA) is 55.6 Å². The highest BCUT2D eigenvalue weighted by Gasteiger charge is 2.36. The van der Waals surface area contributed by atoms with Gasteiger partial charge in [0.15, 0.2) is 0 Å². The fourth-order valence-electron chi connectivity index (χ4n) is 1.67. The maximum atomic E-state index is 11.5. The first-order valence-corrected chi connectivity index (χ1v) is 4.63. The van der Waals surface area contributed by atoms with E-state index in [1.54, 1.807) is 4.90 Å². The third-order valence-corrected chi connectivity index (χ3v) is 2.23. The second kappa shape index (κ2) is 3.54. The average molecular weight is 186 g/mol. The van der Waals surface area contributed by atoms with Crippen LogP contribution in [0.1, 0.15) is 27.2 Å². The van der Waals surface area contributed by atoms with Gasteiger partial charge in [-0.15, -0.1) is 0 Å². The first kappa shape index (κ1) is 10.3. The maximum Gasteiger partial charge on any atom is 0.410 e. The Morgan fingerprint density at radius 2 is 2.23 bits per heavy atom. The molecule has 1 aliphatic heterocycles. The van der Waals surface area contributed by atoms with Crippen molar-refractivity contribution in [2.45, 2.75) is 38.8 Å². The van der Waals surface area contributed by atoms with Gasteiger partial charge >= 0.3 is 6.09 Å². The number of hydrogen-bond acceptors (Lipinski definition) is 3. The molecule has 76 valence electrons. The predicted molar refractivity (Wildman–Crippen MR) is 50.4 cm³/mol. The van der Waals surface area contributed by atoms with Crippen LogP contribution in [-0.2, 0) is 4.74 Å². The number of nitrogens with two attached hydrogens (primary N) is 1. The highest BCUT2D eigenvalue weighted by molar-refractivity contribution is 5.69. The Morgan fingerprint density at radius 3 is 2.62 bits per heavy atom. The predicted octanol–water partition coefficient (Wildman–Crippen LogP) is 0.954. The van der Waals surface area contributed by atoms with E-state index in [-0.39, 0.29) is 17.7 Å². The minimum Gasteiger partial charge on any atom is -0.449 e. The first-order chi connectivity index (χ1) is 5.96. The lowest BCUT2D eigenvalue weighted by Gasteiger charge is -2.43. The van der Waals surface area contributed by atoms with Gasteiger partial charge in [-0.05, 0) is 20.8 Å². The summed E-state index contributed by atoms with van der Waals surface area (Å²) in [5.41, 5.74) is 5.40. The van der Waals surface area contributed by atoms with Gasteiger partial charge < -0.3 is 10.5 Å². The average Bonchev–Trinajstić information content (AvgIpc) is 2.01. The lowest BCUT2D eigenvalue weighted by molar-refractivity contribution is 0.00673. The molecule has 4 nitrogen and oxygen atoms in total. The highest BCUT2D eigenvalue weighted by atomic mass is 16.6. The third-order valence-electron chi connectivity index (χ3n) is 2.23. The zero-order chi connectivity index (χ0) is 10.1. The molecule has 1 aliphatic rings. The first-order valence-electron chi connectivity index (χ1n) is 4.63. The number of ether oxygens (including phenoxy) is 1. The van der Waals surface area contributed by atoms with Gasteiger partial charge in [-0.1, -0.05) is 0 Å². The van der Waals surface area contributed by atoms with Crippen molar-refractivity contribution < 1.29 is 9.53 Å². The van der Waals surface area contributed by atoms with Crippen LogP contribution in [0, 0.1) is 0 Å². The van der Waals surface area contributed by atoms with E-state index in [4.69, 9.17) is 10.5 Å². The number of carbonyl (C=O) groups is 1. The summed E-state index contributed by atoms with van der Waals surface area (Å²) in [6.07, 6.45) is 0.591. The summed E-state index contributed by atoms with van der Waals surface area (Å²) in [5.74, 6) is 0. The summed E-state index contributed by atoms with van der Waals surface area (Å²) in [5, 5.41) is 0. The lowest BCUT2D eigenvalue weighted by Crippen LogP contribution is -2.57. The van der Waals surface area contributed by atoms with Crippen LogP contribution in [0.15, 0.2) is 0 Å². The molecule has 1 saturated heterocycles. The summed E-state index contributed by atoms with van der Waals surface area (Å²) < 4.78 is 4.98. The Kier molecular flexibility index (Phi) is 2.81. The highest BCUT2D eigenvalue weighted by Crippen LogP contribution is 2.23. The SMILES string of the molecule is CC(C)(C)N1C(=O)OCCC1CN. The van der Waals surface area contributed by atoms with Crippen molar-refractivity contribution in [2.24, 2.45) is 5.73 Å². The van der Waals surface area contributed by atoms with Crippen LogP contribution in [0.5, 0.6) is 0 Å². The van der Waals surface area contributed by atoms with Crippen molar-refractivity contribution in [1.82, 2.24) is 4.90 Å². The minimum absolute atomic E-state index is 0.126. The fourth-order valence-corrected chi connectivity index (χ4v) is 1.67. The summed E-state index contributed by atoms with van der Waals surface area (Å²) in [6.45, 7) is 6.96. The van der Waals surface area contributed by atoms with E-state index in [1.807, 2.05) is 20.8 Å². The number of rotatable bonds is 1. The largest absolute Gasteiger partial charge is 0.449 e. The molecular weight excluding hydrogens is 168 g/mol. The molecule has 1 unspecified atom stereocenters. The molecule has 0 radical (unpaired) electrons. The molecule has 0 aliphatic carbocycles. The zero-order valence-electron chi connectivity index (χ0n) is 8.54. The van der Waals surface area contributed by atoms with Crippen LogP contribution >= 0.6 is 0 Å². The second-order valence-electron chi connectivity index (χ2n) is 4.33. The molecule has 0 aromatic carbocycles. The molecule has 1 fully saturated rings. The molecule has 0 spiro atoms. The molecule has 1 amide bonds. The molecule has 2 N–H and O–H groups in total. The number of carbonyl (C=O) groups excluding carboxylic acids is 1. The van der Waals surface area contributed by atoms with E-state index in [2.05, 4.69) is 0 Å². The third kappa shape index (κ3) is 2.12. The number of amides is 1. The van der Waals surface area contributed by atoms with E-state index in [9.17, 15) is 4.79 Å². The molecule has 0 saturated carbocycles. The molecule has 1 heterocycles. The lowest BCUT2D eigenvalue weighted by atomic mass is 10.0. The van der Waals surface area contributed by atoms with Crippen LogP contribution < -0.4 is 5.73 Å². The van der Waals surface area contributed by atoms with Gasteiger partial charge in [0.25, 0.3) is 0 Å². The van der Waals surface area contributed by atoms with Gasteiger partial charge in [-0.3, -0.25) is 4.90 Å². The number of hydrogen-bond donors (Lipinski definition) is 1. The summed E-state index contributed by atoms with van der Waals surface area (Å²) >= 11 is 0.